The van der Waals surface area contributed by atoms with Gasteiger partial charge in [0, 0.05) is 31.2 Å². The number of nitrogens with one attached hydrogen (secondary N) is 2. The molecule has 0 bridgehead atoms. The van der Waals surface area contributed by atoms with E-state index in [-0.39, 0.29) is 5.91 Å². The van der Waals surface area contributed by atoms with E-state index in [4.69, 9.17) is 5.11 Å². The Morgan fingerprint density at radius 2 is 1.72 bits per heavy atom. The molecule has 36 heavy (non-hydrogen) atoms. The number of hydrogen-bond donors (Lipinski definition) is 3. The topological polar surface area (TPSA) is 94.6 Å². The second-order valence-corrected chi connectivity index (χ2v) is 9.78. The average Bonchev–Trinajstić information content (AvgIpc) is 3.35. The number of benzene rings is 2. The van der Waals surface area contributed by atoms with Crippen LogP contribution in [0.25, 0.3) is 10.2 Å². The molecule has 1 aliphatic heterocycles. The molecule has 2 amide bonds. The van der Waals surface area contributed by atoms with Crippen molar-refractivity contribution < 1.29 is 14.7 Å². The summed E-state index contributed by atoms with van der Waals surface area (Å²) in [5.74, 6) is -0.0842. The number of piperidine rings is 1. The minimum absolute atomic E-state index is 0.0409. The number of pyridine rings is 1. The third-order valence-electron chi connectivity index (χ3n) is 6.60. The van der Waals surface area contributed by atoms with Gasteiger partial charge in [0.05, 0.1) is 21.6 Å². The van der Waals surface area contributed by atoms with Gasteiger partial charge in [-0.15, -0.1) is 11.3 Å². The van der Waals surface area contributed by atoms with E-state index in [0.717, 1.165) is 23.1 Å². The summed E-state index contributed by atoms with van der Waals surface area (Å²) < 4.78 is 0.796. The molecule has 1 aliphatic rings. The molecule has 2 aromatic heterocycles. The number of carbonyl (C=O) groups is 2. The zero-order valence-corrected chi connectivity index (χ0v) is 20.6. The first-order valence-corrected chi connectivity index (χ1v) is 12.9. The predicted octanol–water partition coefficient (Wildman–Crippen LogP) is 4.86. The van der Waals surface area contributed by atoms with Crippen LogP contribution in [-0.4, -0.2) is 46.5 Å². The summed E-state index contributed by atoms with van der Waals surface area (Å²) in [6.07, 6.45) is 3.45. The Balaban J connectivity index is 1.42. The highest BCUT2D eigenvalue weighted by Gasteiger charge is 2.27. The fraction of sp³-hybridized carbons (Fsp3) is 0.250. The summed E-state index contributed by atoms with van der Waals surface area (Å²) in [6.45, 7) is 1.33. The van der Waals surface area contributed by atoms with Crippen molar-refractivity contribution in [1.82, 2.24) is 9.88 Å². The number of carbonyl (C=O) groups excluding carboxylic acids is 2. The molecule has 0 atom stereocenters. The lowest BCUT2D eigenvalue weighted by molar-refractivity contribution is -0.118. The van der Waals surface area contributed by atoms with E-state index in [9.17, 15) is 9.59 Å². The molecule has 184 valence electrons. The molecule has 1 saturated heterocycles. The fourth-order valence-electron chi connectivity index (χ4n) is 4.69. The van der Waals surface area contributed by atoms with Crippen LogP contribution in [0.3, 0.4) is 0 Å². The summed E-state index contributed by atoms with van der Waals surface area (Å²) in [5.41, 5.74) is 4.78. The number of aliphatic hydroxyl groups excluding tert-OH is 1. The van der Waals surface area contributed by atoms with Gasteiger partial charge in [0.1, 0.15) is 12.1 Å². The van der Waals surface area contributed by atoms with E-state index in [1.165, 1.54) is 16.9 Å². The van der Waals surface area contributed by atoms with Crippen LogP contribution in [0.15, 0.2) is 72.2 Å². The highest BCUT2D eigenvalue weighted by atomic mass is 32.1. The average molecular weight is 501 g/mol. The van der Waals surface area contributed by atoms with Crippen LogP contribution in [0.5, 0.6) is 0 Å². The van der Waals surface area contributed by atoms with Gasteiger partial charge in [-0.1, -0.05) is 60.7 Å². The molecule has 3 N–H and O–H groups in total. The number of thiophene rings is 1. The number of fused-ring (bicyclic) bond motifs is 1. The summed E-state index contributed by atoms with van der Waals surface area (Å²) in [4.78, 5) is 31.9. The lowest BCUT2D eigenvalue weighted by atomic mass is 9.89. The van der Waals surface area contributed by atoms with Crippen molar-refractivity contribution in [1.29, 1.82) is 0 Å². The van der Waals surface area contributed by atoms with Gasteiger partial charge in [-0.25, -0.2) is 0 Å². The monoisotopic (exact) mass is 500 g/mol. The van der Waals surface area contributed by atoms with Crippen molar-refractivity contribution in [2.24, 2.45) is 0 Å². The van der Waals surface area contributed by atoms with E-state index >= 15 is 0 Å². The normalized spacial score (nSPS) is 14.1. The van der Waals surface area contributed by atoms with Crippen molar-refractivity contribution in [3.8, 4) is 0 Å². The maximum absolute atomic E-state index is 13.7. The molecule has 0 saturated carbocycles. The molecule has 2 aromatic carbocycles. The molecule has 1 fully saturated rings. The van der Waals surface area contributed by atoms with Crippen LogP contribution in [0.1, 0.15) is 40.2 Å². The Labute approximate surface area is 213 Å². The van der Waals surface area contributed by atoms with Crippen LogP contribution in [0.2, 0.25) is 0 Å². The van der Waals surface area contributed by atoms with E-state index in [0.29, 0.717) is 48.0 Å². The summed E-state index contributed by atoms with van der Waals surface area (Å²) in [5, 5.41) is 17.1. The van der Waals surface area contributed by atoms with E-state index in [1.54, 1.807) is 11.6 Å². The third-order valence-corrected chi connectivity index (χ3v) is 7.58. The van der Waals surface area contributed by atoms with E-state index < -0.39 is 12.5 Å². The lowest BCUT2D eigenvalue weighted by Gasteiger charge is -2.32. The summed E-state index contributed by atoms with van der Waals surface area (Å²) >= 11 is 1.41. The maximum Gasteiger partial charge on any atom is 0.257 e. The van der Waals surface area contributed by atoms with Gasteiger partial charge in [-0.2, -0.15) is 0 Å². The molecule has 0 spiro atoms. The molecule has 0 radical (unpaired) electrons. The number of rotatable bonds is 7. The second-order valence-electron chi connectivity index (χ2n) is 8.90. The van der Waals surface area contributed by atoms with Gasteiger partial charge in [-0.05, 0) is 29.9 Å². The standard InChI is InChI=1S/C28H28N4O3S/c33-17-24(34)31-23-18-36-27-25(29-15-19-7-3-1-4-8-19)22(16-30-26(23)27)28(35)32-13-11-21(12-14-32)20-9-5-2-6-10-20/h1-10,16,18,21,33H,11-15,17H2,(H,29,30)(H,31,34). The Morgan fingerprint density at radius 1 is 1.03 bits per heavy atom. The first-order valence-electron chi connectivity index (χ1n) is 12.1. The Hall–Kier alpha value is -3.75. The molecule has 4 aromatic rings. The van der Waals surface area contributed by atoms with Gasteiger partial charge in [0.2, 0.25) is 5.91 Å². The van der Waals surface area contributed by atoms with Gasteiger partial charge < -0.3 is 20.6 Å². The van der Waals surface area contributed by atoms with Crippen LogP contribution in [0, 0.1) is 0 Å². The smallest absolute Gasteiger partial charge is 0.257 e. The molecule has 0 aliphatic carbocycles. The molecule has 5 rings (SSSR count). The predicted molar refractivity (Wildman–Crippen MR) is 143 cm³/mol. The van der Waals surface area contributed by atoms with Gasteiger partial charge in [0.15, 0.2) is 0 Å². The minimum atomic E-state index is -0.605. The largest absolute Gasteiger partial charge is 0.387 e. The van der Waals surface area contributed by atoms with Crippen LogP contribution in [-0.2, 0) is 11.3 Å². The minimum Gasteiger partial charge on any atom is -0.387 e. The van der Waals surface area contributed by atoms with Crippen molar-refractivity contribution in [2.75, 3.05) is 30.3 Å². The number of aliphatic hydroxyl groups is 1. The van der Waals surface area contributed by atoms with E-state index in [2.05, 4.69) is 39.9 Å². The van der Waals surface area contributed by atoms with Crippen molar-refractivity contribution >= 4 is 44.7 Å². The maximum atomic E-state index is 13.7. The molecular formula is C28H28N4O3S. The number of hydrogen-bond acceptors (Lipinski definition) is 6. The Bertz CT molecular complexity index is 1350. The van der Waals surface area contributed by atoms with Crippen LogP contribution < -0.4 is 10.6 Å². The number of anilines is 2. The molecule has 8 heteroatoms. The Kier molecular flexibility index (Phi) is 7.25. The third kappa shape index (κ3) is 5.10. The number of aromatic nitrogens is 1. The number of nitrogens with zero attached hydrogens (tertiary/aromatic N) is 2. The fourth-order valence-corrected chi connectivity index (χ4v) is 5.67. The SMILES string of the molecule is O=C(CO)Nc1csc2c(NCc3ccccc3)c(C(=O)N3CCC(c4ccccc4)CC3)cnc12. The van der Waals surface area contributed by atoms with Crippen LogP contribution >= 0.6 is 11.3 Å². The number of amides is 2. The summed E-state index contributed by atoms with van der Waals surface area (Å²) in [6, 6.07) is 20.5. The summed E-state index contributed by atoms with van der Waals surface area (Å²) in [7, 11) is 0. The van der Waals surface area contributed by atoms with Gasteiger partial charge >= 0.3 is 0 Å². The first-order chi connectivity index (χ1) is 17.6. The zero-order valence-electron chi connectivity index (χ0n) is 19.8. The molecular weight excluding hydrogens is 472 g/mol. The first kappa shape index (κ1) is 24.0. The van der Waals surface area contributed by atoms with Crippen LogP contribution in [0.4, 0.5) is 11.4 Å². The molecule has 0 unspecified atom stereocenters. The second kappa shape index (κ2) is 10.9. The lowest BCUT2D eigenvalue weighted by Crippen LogP contribution is -2.38. The van der Waals surface area contributed by atoms with Gasteiger partial charge in [-0.3, -0.25) is 14.6 Å². The molecule has 3 heterocycles. The van der Waals surface area contributed by atoms with Crippen molar-refractivity contribution in [3.05, 3.63) is 88.9 Å². The highest BCUT2D eigenvalue weighted by Crippen LogP contribution is 2.37. The number of likely N-dealkylation sites (tertiary alicyclic amines) is 1. The quantitative estimate of drug-likeness (QED) is 0.337. The zero-order chi connectivity index (χ0) is 24.9. The highest BCUT2D eigenvalue weighted by molar-refractivity contribution is 7.18. The van der Waals surface area contributed by atoms with Crippen molar-refractivity contribution in [2.45, 2.75) is 25.3 Å². The van der Waals surface area contributed by atoms with E-state index in [1.807, 2.05) is 41.3 Å². The van der Waals surface area contributed by atoms with Gasteiger partial charge in [0.25, 0.3) is 5.91 Å². The Morgan fingerprint density at radius 3 is 2.42 bits per heavy atom. The van der Waals surface area contributed by atoms with Crippen molar-refractivity contribution in [3.63, 3.8) is 0 Å². The molecule has 7 nitrogen and oxygen atoms in total.